The van der Waals surface area contributed by atoms with Crippen molar-refractivity contribution in [3.05, 3.63) is 53.1 Å². The Hall–Kier alpha value is -2.01. The van der Waals surface area contributed by atoms with Crippen LogP contribution in [0.25, 0.3) is 0 Å². The molecular weight excluding hydrogens is 231 g/mol. The summed E-state index contributed by atoms with van der Waals surface area (Å²) in [5.41, 5.74) is 7.78. The number of benzene rings is 1. The van der Waals surface area contributed by atoms with Crippen molar-refractivity contribution in [3.63, 3.8) is 0 Å². The van der Waals surface area contributed by atoms with Crippen molar-refractivity contribution in [2.45, 2.75) is 20.0 Å². The molecule has 3 N–H and O–H groups in total. The van der Waals surface area contributed by atoms with Crippen molar-refractivity contribution < 1.29 is 4.39 Å². The van der Waals surface area contributed by atoms with Crippen molar-refractivity contribution in [1.29, 1.82) is 0 Å². The number of hydrogen-bond donors (Lipinski definition) is 2. The number of hydrogen-bond acceptors (Lipinski definition) is 4. The predicted octanol–water partition coefficient (Wildman–Crippen LogP) is 1.99. The van der Waals surface area contributed by atoms with Crippen LogP contribution in [-0.2, 0) is 13.1 Å². The first-order valence-corrected chi connectivity index (χ1v) is 5.69. The molecule has 94 valence electrons. The van der Waals surface area contributed by atoms with Crippen molar-refractivity contribution in [1.82, 2.24) is 9.97 Å². The molecule has 0 aliphatic carbocycles. The van der Waals surface area contributed by atoms with Gasteiger partial charge in [-0.05, 0) is 24.1 Å². The molecule has 0 saturated heterocycles. The standard InChI is InChI=1S/C13H15FN4/c1-9-6-16-13(17-7-9)18-8-11-3-2-10(5-15)4-12(11)14/h2-4,6-7H,5,8,15H2,1H3,(H,16,17,18). The monoisotopic (exact) mass is 246 g/mol. The normalized spacial score (nSPS) is 10.4. The lowest BCUT2D eigenvalue weighted by Crippen LogP contribution is -2.06. The molecule has 0 aliphatic rings. The number of nitrogens with two attached hydrogens (primary N) is 1. The van der Waals surface area contributed by atoms with Crippen molar-refractivity contribution in [3.8, 4) is 0 Å². The van der Waals surface area contributed by atoms with Gasteiger partial charge in [0.15, 0.2) is 0 Å². The Bertz CT molecular complexity index is 525. The molecule has 0 radical (unpaired) electrons. The van der Waals surface area contributed by atoms with Gasteiger partial charge in [-0.3, -0.25) is 0 Å². The number of nitrogens with one attached hydrogen (secondary N) is 1. The van der Waals surface area contributed by atoms with Crippen LogP contribution in [0.3, 0.4) is 0 Å². The fourth-order valence-electron chi connectivity index (χ4n) is 1.52. The lowest BCUT2D eigenvalue weighted by atomic mass is 10.1. The van der Waals surface area contributed by atoms with Gasteiger partial charge in [0.25, 0.3) is 0 Å². The van der Waals surface area contributed by atoms with E-state index in [4.69, 9.17) is 5.73 Å². The van der Waals surface area contributed by atoms with E-state index >= 15 is 0 Å². The van der Waals surface area contributed by atoms with Gasteiger partial charge < -0.3 is 11.1 Å². The van der Waals surface area contributed by atoms with E-state index in [1.807, 2.05) is 13.0 Å². The highest BCUT2D eigenvalue weighted by atomic mass is 19.1. The van der Waals surface area contributed by atoms with E-state index in [1.165, 1.54) is 6.07 Å². The fraction of sp³-hybridized carbons (Fsp3) is 0.231. The first-order chi connectivity index (χ1) is 8.69. The molecule has 1 aromatic heterocycles. The molecule has 0 amide bonds. The van der Waals surface area contributed by atoms with Crippen LogP contribution in [0.2, 0.25) is 0 Å². The van der Waals surface area contributed by atoms with E-state index in [-0.39, 0.29) is 5.82 Å². The summed E-state index contributed by atoms with van der Waals surface area (Å²) < 4.78 is 13.7. The van der Waals surface area contributed by atoms with Gasteiger partial charge in [-0.1, -0.05) is 12.1 Å². The first-order valence-electron chi connectivity index (χ1n) is 5.69. The van der Waals surface area contributed by atoms with E-state index in [0.717, 1.165) is 11.1 Å². The number of aromatic nitrogens is 2. The van der Waals surface area contributed by atoms with Crippen LogP contribution < -0.4 is 11.1 Å². The SMILES string of the molecule is Cc1cnc(NCc2ccc(CN)cc2F)nc1. The number of aryl methyl sites for hydroxylation is 1. The number of nitrogens with zero attached hydrogens (tertiary/aromatic N) is 2. The summed E-state index contributed by atoms with van der Waals surface area (Å²) in [5.74, 6) is 0.223. The molecule has 0 unspecified atom stereocenters. The van der Waals surface area contributed by atoms with Gasteiger partial charge in [-0.15, -0.1) is 0 Å². The first kappa shape index (κ1) is 12.4. The Labute approximate surface area is 105 Å². The van der Waals surface area contributed by atoms with Gasteiger partial charge in [0, 0.05) is 31.0 Å². The molecule has 2 aromatic rings. The molecule has 0 spiro atoms. The summed E-state index contributed by atoms with van der Waals surface area (Å²) in [6.07, 6.45) is 3.42. The van der Waals surface area contributed by atoms with Gasteiger partial charge in [0.2, 0.25) is 5.95 Å². The smallest absolute Gasteiger partial charge is 0.222 e. The van der Waals surface area contributed by atoms with Crippen molar-refractivity contribution in [2.75, 3.05) is 5.32 Å². The molecule has 0 bridgehead atoms. The summed E-state index contributed by atoms with van der Waals surface area (Å²) in [4.78, 5) is 8.18. The molecule has 0 fully saturated rings. The van der Waals surface area contributed by atoms with Crippen LogP contribution in [0.4, 0.5) is 10.3 Å². The van der Waals surface area contributed by atoms with Crippen molar-refractivity contribution >= 4 is 5.95 Å². The molecule has 1 heterocycles. The minimum absolute atomic E-state index is 0.266. The summed E-state index contributed by atoms with van der Waals surface area (Å²) in [7, 11) is 0. The lowest BCUT2D eigenvalue weighted by molar-refractivity contribution is 0.610. The molecular formula is C13H15FN4. The Morgan fingerprint density at radius 2 is 2.00 bits per heavy atom. The number of rotatable bonds is 4. The Kier molecular flexibility index (Phi) is 3.84. The quantitative estimate of drug-likeness (QED) is 0.866. The van der Waals surface area contributed by atoms with Gasteiger partial charge in [0.1, 0.15) is 5.82 Å². The van der Waals surface area contributed by atoms with Crippen molar-refractivity contribution in [2.24, 2.45) is 5.73 Å². The van der Waals surface area contributed by atoms with E-state index in [9.17, 15) is 4.39 Å². The summed E-state index contributed by atoms with van der Waals surface area (Å²) >= 11 is 0. The number of anilines is 1. The molecule has 5 heteroatoms. The third-order valence-electron chi connectivity index (χ3n) is 2.57. The molecule has 1 aromatic carbocycles. The molecule has 0 saturated carbocycles. The molecule has 2 rings (SSSR count). The lowest BCUT2D eigenvalue weighted by Gasteiger charge is -2.07. The van der Waals surface area contributed by atoms with E-state index in [0.29, 0.717) is 24.6 Å². The van der Waals surface area contributed by atoms with E-state index in [2.05, 4.69) is 15.3 Å². The highest BCUT2D eigenvalue weighted by Gasteiger charge is 2.03. The minimum atomic E-state index is -0.266. The fourth-order valence-corrected chi connectivity index (χ4v) is 1.52. The average molecular weight is 246 g/mol. The van der Waals surface area contributed by atoms with E-state index in [1.54, 1.807) is 18.5 Å². The highest BCUT2D eigenvalue weighted by Crippen LogP contribution is 2.11. The van der Waals surface area contributed by atoms with Gasteiger partial charge in [-0.25, -0.2) is 14.4 Å². The van der Waals surface area contributed by atoms with Crippen LogP contribution in [-0.4, -0.2) is 9.97 Å². The zero-order valence-electron chi connectivity index (χ0n) is 10.2. The third-order valence-corrected chi connectivity index (χ3v) is 2.57. The van der Waals surface area contributed by atoms with Crippen LogP contribution in [0, 0.1) is 12.7 Å². The third kappa shape index (κ3) is 3.01. The summed E-state index contributed by atoms with van der Waals surface area (Å²) in [6.45, 7) is 2.60. The van der Waals surface area contributed by atoms with Gasteiger partial charge in [-0.2, -0.15) is 0 Å². The molecule has 4 nitrogen and oxygen atoms in total. The van der Waals surface area contributed by atoms with Gasteiger partial charge >= 0.3 is 0 Å². The second-order valence-electron chi connectivity index (χ2n) is 4.07. The zero-order valence-corrected chi connectivity index (χ0v) is 10.2. The zero-order chi connectivity index (χ0) is 13.0. The summed E-state index contributed by atoms with van der Waals surface area (Å²) in [5, 5.41) is 2.97. The molecule has 0 atom stereocenters. The van der Waals surface area contributed by atoms with Crippen LogP contribution >= 0.6 is 0 Å². The maximum Gasteiger partial charge on any atom is 0.222 e. The van der Waals surface area contributed by atoms with Gasteiger partial charge in [0.05, 0.1) is 0 Å². The maximum atomic E-state index is 13.7. The second kappa shape index (κ2) is 5.55. The highest BCUT2D eigenvalue weighted by molar-refractivity contribution is 5.30. The molecule has 18 heavy (non-hydrogen) atoms. The average Bonchev–Trinajstić information content (AvgIpc) is 2.39. The maximum absolute atomic E-state index is 13.7. The summed E-state index contributed by atoms with van der Waals surface area (Å²) in [6, 6.07) is 4.99. The number of halogens is 1. The molecule has 0 aliphatic heterocycles. The van der Waals surface area contributed by atoms with Crippen LogP contribution in [0.1, 0.15) is 16.7 Å². The van der Waals surface area contributed by atoms with Crippen LogP contribution in [0.5, 0.6) is 0 Å². The Balaban J connectivity index is 2.04. The minimum Gasteiger partial charge on any atom is -0.350 e. The second-order valence-corrected chi connectivity index (χ2v) is 4.07. The Morgan fingerprint density at radius 1 is 1.28 bits per heavy atom. The topological polar surface area (TPSA) is 63.8 Å². The predicted molar refractivity (Wildman–Crippen MR) is 68.4 cm³/mol. The largest absolute Gasteiger partial charge is 0.350 e. The Morgan fingerprint density at radius 3 is 2.61 bits per heavy atom. The van der Waals surface area contributed by atoms with Crippen LogP contribution in [0.15, 0.2) is 30.6 Å². The van der Waals surface area contributed by atoms with E-state index < -0.39 is 0 Å².